The number of hydrogen-bond acceptors (Lipinski definition) is 2. The highest BCUT2D eigenvalue weighted by Crippen LogP contribution is 2.20. The first-order chi connectivity index (χ1) is 9.70. The third-order valence-electron chi connectivity index (χ3n) is 3.55. The van der Waals surface area contributed by atoms with Crippen molar-refractivity contribution < 1.29 is 4.74 Å². The van der Waals surface area contributed by atoms with Crippen molar-refractivity contribution in [3.63, 3.8) is 0 Å². The van der Waals surface area contributed by atoms with E-state index in [0.29, 0.717) is 12.1 Å². The first-order valence-corrected chi connectivity index (χ1v) is 7.13. The van der Waals surface area contributed by atoms with Crippen molar-refractivity contribution in [1.29, 1.82) is 0 Å². The molecule has 2 atom stereocenters. The number of benzene rings is 2. The number of ether oxygens (including phenoxy) is 1. The summed E-state index contributed by atoms with van der Waals surface area (Å²) in [5.74, 6) is 0.966. The fourth-order valence-electron chi connectivity index (χ4n) is 2.53. The van der Waals surface area contributed by atoms with Crippen LogP contribution in [-0.2, 0) is 6.42 Å². The minimum absolute atomic E-state index is 0.348. The van der Waals surface area contributed by atoms with Gasteiger partial charge in [-0.1, -0.05) is 48.5 Å². The van der Waals surface area contributed by atoms with Crippen LogP contribution >= 0.6 is 0 Å². The van der Waals surface area contributed by atoms with E-state index in [2.05, 4.69) is 61.6 Å². The topological polar surface area (TPSA) is 21.3 Å². The molecule has 20 heavy (non-hydrogen) atoms. The number of methoxy groups -OCH3 is 1. The standard InChI is InChI=1S/C18H23NO/c1-14(13-17-11-7-8-12-18(17)20-3)19-15(2)16-9-5-4-6-10-16/h4-12,14-15,19H,13H2,1-3H3/t14?,15-/m0/s1. The SMILES string of the molecule is COc1ccccc1CC(C)N[C@@H](C)c1ccccc1. The van der Waals surface area contributed by atoms with Crippen molar-refractivity contribution in [1.82, 2.24) is 5.32 Å². The smallest absolute Gasteiger partial charge is 0.122 e. The molecule has 2 aromatic carbocycles. The molecule has 0 saturated carbocycles. The fourth-order valence-corrected chi connectivity index (χ4v) is 2.53. The van der Waals surface area contributed by atoms with Crippen LogP contribution in [0.25, 0.3) is 0 Å². The summed E-state index contributed by atoms with van der Waals surface area (Å²) < 4.78 is 5.41. The maximum atomic E-state index is 5.41. The monoisotopic (exact) mass is 269 g/mol. The summed E-state index contributed by atoms with van der Waals surface area (Å²) >= 11 is 0. The Morgan fingerprint density at radius 1 is 0.950 bits per heavy atom. The van der Waals surface area contributed by atoms with Gasteiger partial charge < -0.3 is 10.1 Å². The largest absolute Gasteiger partial charge is 0.496 e. The van der Waals surface area contributed by atoms with Crippen LogP contribution in [0, 0.1) is 0 Å². The Hall–Kier alpha value is -1.80. The van der Waals surface area contributed by atoms with E-state index in [1.54, 1.807) is 7.11 Å². The van der Waals surface area contributed by atoms with E-state index in [-0.39, 0.29) is 0 Å². The second-order valence-electron chi connectivity index (χ2n) is 5.22. The Morgan fingerprint density at radius 3 is 2.30 bits per heavy atom. The predicted octanol–water partition coefficient (Wildman–Crippen LogP) is 3.98. The van der Waals surface area contributed by atoms with Crippen LogP contribution < -0.4 is 10.1 Å². The van der Waals surface area contributed by atoms with E-state index in [1.807, 2.05) is 12.1 Å². The zero-order chi connectivity index (χ0) is 14.4. The van der Waals surface area contributed by atoms with Gasteiger partial charge in [0.25, 0.3) is 0 Å². The molecule has 2 heteroatoms. The van der Waals surface area contributed by atoms with Gasteiger partial charge in [-0.05, 0) is 37.5 Å². The molecule has 2 aromatic rings. The number of hydrogen-bond donors (Lipinski definition) is 1. The molecule has 0 aliphatic heterocycles. The normalized spacial score (nSPS) is 13.8. The van der Waals surface area contributed by atoms with Crippen molar-refractivity contribution >= 4 is 0 Å². The maximum Gasteiger partial charge on any atom is 0.122 e. The molecule has 2 nitrogen and oxygen atoms in total. The molecule has 0 aliphatic rings. The third kappa shape index (κ3) is 3.84. The lowest BCUT2D eigenvalue weighted by Gasteiger charge is -2.21. The van der Waals surface area contributed by atoms with Gasteiger partial charge in [-0.15, -0.1) is 0 Å². The molecule has 0 bridgehead atoms. The molecule has 0 aromatic heterocycles. The van der Waals surface area contributed by atoms with Gasteiger partial charge in [0.1, 0.15) is 5.75 Å². The van der Waals surface area contributed by atoms with Gasteiger partial charge in [0.2, 0.25) is 0 Å². The molecule has 0 fully saturated rings. The van der Waals surface area contributed by atoms with Crippen molar-refractivity contribution in [2.45, 2.75) is 32.4 Å². The minimum Gasteiger partial charge on any atom is -0.496 e. The highest BCUT2D eigenvalue weighted by atomic mass is 16.5. The summed E-state index contributed by atoms with van der Waals surface area (Å²) in [6.07, 6.45) is 0.960. The van der Waals surface area contributed by atoms with Crippen molar-refractivity contribution in [2.75, 3.05) is 7.11 Å². The lowest BCUT2D eigenvalue weighted by Crippen LogP contribution is -2.30. The summed E-state index contributed by atoms with van der Waals surface area (Å²) in [5, 5.41) is 3.64. The van der Waals surface area contributed by atoms with Crippen LogP contribution in [0.4, 0.5) is 0 Å². The molecule has 0 heterocycles. The van der Waals surface area contributed by atoms with E-state index in [1.165, 1.54) is 11.1 Å². The lowest BCUT2D eigenvalue weighted by atomic mass is 10.0. The second-order valence-corrected chi connectivity index (χ2v) is 5.22. The predicted molar refractivity (Wildman–Crippen MR) is 84.2 cm³/mol. The maximum absolute atomic E-state index is 5.41. The van der Waals surface area contributed by atoms with Gasteiger partial charge in [-0.2, -0.15) is 0 Å². The molecule has 2 rings (SSSR count). The Morgan fingerprint density at radius 2 is 1.60 bits per heavy atom. The quantitative estimate of drug-likeness (QED) is 0.856. The van der Waals surface area contributed by atoms with Crippen LogP contribution in [0.2, 0.25) is 0 Å². The summed E-state index contributed by atoms with van der Waals surface area (Å²) in [7, 11) is 1.73. The molecule has 106 valence electrons. The van der Waals surface area contributed by atoms with Crippen LogP contribution in [0.3, 0.4) is 0 Å². The van der Waals surface area contributed by atoms with Gasteiger partial charge >= 0.3 is 0 Å². The summed E-state index contributed by atoms with van der Waals surface area (Å²) in [6.45, 7) is 4.42. The van der Waals surface area contributed by atoms with Crippen molar-refractivity contribution in [3.8, 4) is 5.75 Å². The van der Waals surface area contributed by atoms with E-state index in [9.17, 15) is 0 Å². The zero-order valence-electron chi connectivity index (χ0n) is 12.5. The Balaban J connectivity index is 1.97. The van der Waals surface area contributed by atoms with E-state index in [4.69, 9.17) is 4.74 Å². The third-order valence-corrected chi connectivity index (χ3v) is 3.55. The van der Waals surface area contributed by atoms with Gasteiger partial charge in [-0.3, -0.25) is 0 Å². The van der Waals surface area contributed by atoms with Crippen molar-refractivity contribution in [2.24, 2.45) is 0 Å². The first-order valence-electron chi connectivity index (χ1n) is 7.13. The number of nitrogens with one attached hydrogen (secondary N) is 1. The van der Waals surface area contributed by atoms with Crippen LogP contribution in [0.1, 0.15) is 31.0 Å². The Kier molecular flexibility index (Phi) is 5.19. The minimum atomic E-state index is 0.348. The van der Waals surface area contributed by atoms with Crippen LogP contribution in [0.5, 0.6) is 5.75 Å². The molecule has 1 N–H and O–H groups in total. The number of rotatable bonds is 6. The Bertz CT molecular complexity index is 524. The summed E-state index contributed by atoms with van der Waals surface area (Å²) in [5.41, 5.74) is 2.56. The summed E-state index contributed by atoms with van der Waals surface area (Å²) in [6, 6.07) is 19.5. The average Bonchev–Trinajstić information content (AvgIpc) is 2.48. The second kappa shape index (κ2) is 7.11. The van der Waals surface area contributed by atoms with Crippen LogP contribution in [-0.4, -0.2) is 13.2 Å². The molecule has 0 aliphatic carbocycles. The number of para-hydroxylation sites is 1. The molecule has 1 unspecified atom stereocenters. The summed E-state index contributed by atoms with van der Waals surface area (Å²) in [4.78, 5) is 0. The van der Waals surface area contributed by atoms with E-state index in [0.717, 1.165) is 12.2 Å². The average molecular weight is 269 g/mol. The van der Waals surface area contributed by atoms with Crippen LogP contribution in [0.15, 0.2) is 54.6 Å². The molecule has 0 spiro atoms. The van der Waals surface area contributed by atoms with E-state index >= 15 is 0 Å². The first kappa shape index (κ1) is 14.6. The van der Waals surface area contributed by atoms with E-state index < -0.39 is 0 Å². The molecular formula is C18H23NO. The molecule has 0 amide bonds. The lowest BCUT2D eigenvalue weighted by molar-refractivity contribution is 0.403. The molecule has 0 saturated heterocycles. The Labute approximate surface area is 121 Å². The molecule has 0 radical (unpaired) electrons. The molecular weight excluding hydrogens is 246 g/mol. The van der Waals surface area contributed by atoms with Gasteiger partial charge in [0.15, 0.2) is 0 Å². The van der Waals surface area contributed by atoms with Crippen molar-refractivity contribution in [3.05, 3.63) is 65.7 Å². The van der Waals surface area contributed by atoms with Gasteiger partial charge in [0.05, 0.1) is 7.11 Å². The zero-order valence-corrected chi connectivity index (χ0v) is 12.5. The highest BCUT2D eigenvalue weighted by molar-refractivity contribution is 5.33. The van der Waals surface area contributed by atoms with Gasteiger partial charge in [-0.25, -0.2) is 0 Å². The van der Waals surface area contributed by atoms with Gasteiger partial charge in [0, 0.05) is 12.1 Å². The fraction of sp³-hybridized carbons (Fsp3) is 0.333. The highest BCUT2D eigenvalue weighted by Gasteiger charge is 2.11.